The maximum atomic E-state index is 13.2. The van der Waals surface area contributed by atoms with Crippen molar-refractivity contribution in [3.63, 3.8) is 0 Å². The molecule has 1 fully saturated rings. The number of carbonyl (C=O) groups excluding carboxylic acids is 3. The molecule has 1 N–H and O–H groups in total. The van der Waals surface area contributed by atoms with Gasteiger partial charge in [-0.05, 0) is 63.3 Å². The van der Waals surface area contributed by atoms with Crippen molar-refractivity contribution in [1.82, 2.24) is 24.3 Å². The summed E-state index contributed by atoms with van der Waals surface area (Å²) in [4.78, 5) is 52.1. The lowest BCUT2D eigenvalue weighted by Crippen LogP contribution is -2.52. The predicted octanol–water partition coefficient (Wildman–Crippen LogP) is 4.51. The van der Waals surface area contributed by atoms with Crippen LogP contribution >= 0.6 is 0 Å². The van der Waals surface area contributed by atoms with Crippen LogP contribution in [-0.4, -0.2) is 87.7 Å². The Morgan fingerprint density at radius 2 is 1.86 bits per heavy atom. The van der Waals surface area contributed by atoms with E-state index in [-0.39, 0.29) is 30.5 Å². The third kappa shape index (κ3) is 7.60. The van der Waals surface area contributed by atoms with E-state index in [0.29, 0.717) is 49.1 Å². The van der Waals surface area contributed by atoms with E-state index in [1.54, 1.807) is 23.0 Å². The van der Waals surface area contributed by atoms with Crippen molar-refractivity contribution >= 4 is 40.6 Å². The number of hydrogen-bond donors (Lipinski definition) is 1. The van der Waals surface area contributed by atoms with Crippen LogP contribution in [0.15, 0.2) is 42.9 Å². The van der Waals surface area contributed by atoms with Crippen LogP contribution in [0.4, 0.5) is 21.1 Å². The predicted molar refractivity (Wildman–Crippen MR) is 164 cm³/mol. The lowest BCUT2D eigenvalue weighted by molar-refractivity contribution is -0.131. The van der Waals surface area contributed by atoms with Gasteiger partial charge in [-0.15, -0.1) is 0 Å². The minimum Gasteiger partial charge on any atom is -0.444 e. The lowest BCUT2D eigenvalue weighted by atomic mass is 9.92. The number of anilines is 2. The Balaban J connectivity index is 1.42. The van der Waals surface area contributed by atoms with Gasteiger partial charge in [-0.25, -0.2) is 19.6 Å². The number of ether oxygens (including phenoxy) is 1. The first-order valence-corrected chi connectivity index (χ1v) is 14.4. The Kier molecular flexibility index (Phi) is 9.53. The van der Waals surface area contributed by atoms with Gasteiger partial charge in [-0.1, -0.05) is 19.1 Å². The van der Waals surface area contributed by atoms with Crippen LogP contribution in [0.3, 0.4) is 0 Å². The van der Waals surface area contributed by atoms with Crippen molar-refractivity contribution in [3.8, 4) is 6.07 Å². The van der Waals surface area contributed by atoms with Gasteiger partial charge in [-0.3, -0.25) is 9.36 Å². The quantitative estimate of drug-likeness (QED) is 0.426. The Hall–Kier alpha value is -4.66. The molecule has 0 spiro atoms. The summed E-state index contributed by atoms with van der Waals surface area (Å²) in [5.74, 6) is 0.806. The minimum atomic E-state index is -0.545. The van der Waals surface area contributed by atoms with Gasteiger partial charge in [0.05, 0.1) is 17.5 Å². The summed E-state index contributed by atoms with van der Waals surface area (Å²) in [6, 6.07) is 10.9. The number of fused-ring (bicyclic) bond motifs is 1. The molecule has 1 aliphatic heterocycles. The molecule has 0 radical (unpaired) electrons. The number of nitrogens with one attached hydrogen (secondary N) is 1. The zero-order valence-electron chi connectivity index (χ0n) is 25.7. The zero-order valence-corrected chi connectivity index (χ0v) is 25.7. The van der Waals surface area contributed by atoms with Crippen molar-refractivity contribution < 1.29 is 19.1 Å². The number of amides is 3. The van der Waals surface area contributed by atoms with Gasteiger partial charge in [0.2, 0.25) is 5.91 Å². The van der Waals surface area contributed by atoms with E-state index < -0.39 is 5.60 Å². The van der Waals surface area contributed by atoms with Crippen LogP contribution in [-0.2, 0) is 16.0 Å². The number of carbonyl (C=O) groups is 3. The second kappa shape index (κ2) is 13.1. The number of likely N-dealkylation sites (tertiary alicyclic amines) is 1. The second-order valence-electron chi connectivity index (χ2n) is 12.0. The molecular weight excluding hydrogens is 548 g/mol. The van der Waals surface area contributed by atoms with Gasteiger partial charge in [0, 0.05) is 45.6 Å². The SMILES string of the molecule is C[C@@H]1CCN(C(=O)CC#N)C[C@@H]1N(C)c1ncnc2c1ccn2C(=O)Nc1ccc(CCN(C)C(=O)OC(C)(C)C)cc1. The molecular formula is C31H40N8O4. The first kappa shape index (κ1) is 31.3. The van der Waals surface area contributed by atoms with E-state index in [4.69, 9.17) is 10.00 Å². The number of piperidine rings is 1. The third-order valence-electron chi connectivity index (χ3n) is 7.66. The molecule has 3 amide bonds. The molecule has 3 aromatic rings. The third-order valence-corrected chi connectivity index (χ3v) is 7.66. The van der Waals surface area contributed by atoms with Crippen molar-refractivity contribution in [3.05, 3.63) is 48.4 Å². The molecule has 0 bridgehead atoms. The molecule has 4 rings (SSSR count). The van der Waals surface area contributed by atoms with E-state index in [1.165, 1.54) is 10.9 Å². The largest absolute Gasteiger partial charge is 0.444 e. The highest BCUT2D eigenvalue weighted by Gasteiger charge is 2.33. The molecule has 0 aliphatic carbocycles. The monoisotopic (exact) mass is 588 g/mol. The highest BCUT2D eigenvalue weighted by Crippen LogP contribution is 2.30. The number of likely N-dealkylation sites (N-methyl/N-ethyl adjacent to an activating group) is 2. The zero-order chi connectivity index (χ0) is 31.3. The van der Waals surface area contributed by atoms with Crippen molar-refractivity contribution in [2.24, 2.45) is 5.92 Å². The van der Waals surface area contributed by atoms with Crippen molar-refractivity contribution in [2.75, 3.05) is 43.9 Å². The number of rotatable bonds is 7. The maximum absolute atomic E-state index is 13.2. The van der Waals surface area contributed by atoms with Gasteiger partial charge < -0.3 is 24.8 Å². The van der Waals surface area contributed by atoms with E-state index in [9.17, 15) is 14.4 Å². The molecule has 0 unspecified atom stereocenters. The van der Waals surface area contributed by atoms with Crippen LogP contribution in [0.1, 0.15) is 46.1 Å². The van der Waals surface area contributed by atoms with Gasteiger partial charge in [-0.2, -0.15) is 5.26 Å². The van der Waals surface area contributed by atoms with Gasteiger partial charge in [0.1, 0.15) is 24.2 Å². The molecule has 3 heterocycles. The Morgan fingerprint density at radius 1 is 1.14 bits per heavy atom. The van der Waals surface area contributed by atoms with E-state index in [0.717, 1.165) is 17.4 Å². The Bertz CT molecular complexity index is 1500. The van der Waals surface area contributed by atoms with Gasteiger partial charge >= 0.3 is 12.1 Å². The maximum Gasteiger partial charge on any atom is 0.410 e. The average Bonchev–Trinajstić information content (AvgIpc) is 3.40. The fourth-order valence-corrected chi connectivity index (χ4v) is 5.17. The molecule has 0 saturated carbocycles. The standard InChI is InChI=1S/C31H40N8O4/c1-21-12-17-38(26(40)11-15-32)19-25(21)37(6)27-24-14-18-39(28(24)34-20-33-27)29(41)35-23-9-7-22(8-10-23)13-16-36(5)30(42)43-31(2,3)4/h7-10,14,18,20-21,25H,11-13,16-17,19H2,1-6H3,(H,35,41)/t21-,25+/m1/s1. The normalized spacial score (nSPS) is 16.8. The molecule has 1 aromatic carbocycles. The molecule has 2 atom stereocenters. The molecule has 12 heteroatoms. The number of nitrogens with zero attached hydrogens (tertiary/aromatic N) is 7. The number of nitriles is 1. The summed E-state index contributed by atoms with van der Waals surface area (Å²) in [5.41, 5.74) is 1.57. The Morgan fingerprint density at radius 3 is 2.53 bits per heavy atom. The van der Waals surface area contributed by atoms with Gasteiger partial charge in [0.15, 0.2) is 5.65 Å². The average molecular weight is 589 g/mol. The van der Waals surface area contributed by atoms with Crippen LogP contribution in [0.2, 0.25) is 0 Å². The lowest BCUT2D eigenvalue weighted by Gasteiger charge is -2.42. The smallest absolute Gasteiger partial charge is 0.410 e. The summed E-state index contributed by atoms with van der Waals surface area (Å²) in [6.45, 7) is 9.28. The molecule has 228 valence electrons. The highest BCUT2D eigenvalue weighted by molar-refractivity contribution is 5.99. The van der Waals surface area contributed by atoms with Crippen molar-refractivity contribution in [1.29, 1.82) is 5.26 Å². The summed E-state index contributed by atoms with van der Waals surface area (Å²) >= 11 is 0. The highest BCUT2D eigenvalue weighted by atomic mass is 16.6. The van der Waals surface area contributed by atoms with Gasteiger partial charge in [0.25, 0.3) is 0 Å². The molecule has 12 nitrogen and oxygen atoms in total. The molecule has 1 aliphatic rings. The topological polar surface area (TPSA) is 137 Å². The van der Waals surface area contributed by atoms with Crippen molar-refractivity contribution in [2.45, 2.75) is 58.6 Å². The fourth-order valence-electron chi connectivity index (χ4n) is 5.17. The first-order chi connectivity index (χ1) is 20.4. The van der Waals surface area contributed by atoms with E-state index in [2.05, 4.69) is 22.2 Å². The van der Waals surface area contributed by atoms with Crippen LogP contribution in [0, 0.1) is 17.2 Å². The van der Waals surface area contributed by atoms with Crippen LogP contribution in [0.5, 0.6) is 0 Å². The fraction of sp³-hybridized carbons (Fsp3) is 0.484. The number of hydrogen-bond acceptors (Lipinski definition) is 8. The minimum absolute atomic E-state index is 0.00546. The summed E-state index contributed by atoms with van der Waals surface area (Å²) in [7, 11) is 3.64. The first-order valence-electron chi connectivity index (χ1n) is 14.4. The Labute approximate surface area is 252 Å². The number of benzene rings is 1. The van der Waals surface area contributed by atoms with E-state index in [1.807, 2.05) is 69.1 Å². The molecule has 1 saturated heterocycles. The van der Waals surface area contributed by atoms with E-state index >= 15 is 0 Å². The molecule has 2 aromatic heterocycles. The van der Waals surface area contributed by atoms with Crippen LogP contribution in [0.25, 0.3) is 11.0 Å². The summed E-state index contributed by atoms with van der Waals surface area (Å²) in [6.07, 6.45) is 4.07. The second-order valence-corrected chi connectivity index (χ2v) is 12.0. The summed E-state index contributed by atoms with van der Waals surface area (Å²) < 4.78 is 6.84. The molecule has 43 heavy (non-hydrogen) atoms. The van der Waals surface area contributed by atoms with Crippen LogP contribution < -0.4 is 10.2 Å². The number of aromatic nitrogens is 3. The summed E-state index contributed by atoms with van der Waals surface area (Å²) in [5, 5.41) is 12.6.